The Bertz CT molecular complexity index is 268. The Labute approximate surface area is 103 Å². The average molecular weight is 246 g/mol. The molecule has 0 aromatic carbocycles. The van der Waals surface area contributed by atoms with Crippen molar-refractivity contribution in [2.24, 2.45) is 5.92 Å². The number of nitrogens with zero attached hydrogens (tertiary/aromatic N) is 2. The van der Waals surface area contributed by atoms with Gasteiger partial charge in [0.25, 0.3) is 5.92 Å². The van der Waals surface area contributed by atoms with Gasteiger partial charge in [0.05, 0.1) is 12.6 Å². The van der Waals surface area contributed by atoms with Gasteiger partial charge in [-0.2, -0.15) is 0 Å². The zero-order valence-corrected chi connectivity index (χ0v) is 11.1. The zero-order valence-electron chi connectivity index (χ0n) is 11.1. The lowest BCUT2D eigenvalue weighted by atomic mass is 9.98. The van der Waals surface area contributed by atoms with Crippen LogP contribution >= 0.6 is 0 Å². The van der Waals surface area contributed by atoms with E-state index >= 15 is 0 Å². The van der Waals surface area contributed by atoms with Crippen LogP contribution in [0.1, 0.15) is 33.6 Å². The van der Waals surface area contributed by atoms with Gasteiger partial charge in [-0.25, -0.2) is 8.78 Å². The van der Waals surface area contributed by atoms with Gasteiger partial charge >= 0.3 is 0 Å². The van der Waals surface area contributed by atoms with Crippen molar-refractivity contribution in [2.75, 3.05) is 26.2 Å². The van der Waals surface area contributed by atoms with E-state index in [0.29, 0.717) is 12.3 Å². The van der Waals surface area contributed by atoms with Crippen molar-refractivity contribution in [3.63, 3.8) is 0 Å². The average Bonchev–Trinajstić information content (AvgIpc) is 2.62. The molecule has 0 aromatic heterocycles. The first-order valence-electron chi connectivity index (χ1n) is 6.76. The van der Waals surface area contributed by atoms with Crippen molar-refractivity contribution >= 4 is 0 Å². The fourth-order valence-electron chi connectivity index (χ4n) is 3.10. The van der Waals surface area contributed by atoms with Gasteiger partial charge in [0.2, 0.25) is 0 Å². The Hall–Kier alpha value is -0.220. The van der Waals surface area contributed by atoms with Gasteiger partial charge in [-0.05, 0) is 39.2 Å². The number of rotatable bonds is 2. The summed E-state index contributed by atoms with van der Waals surface area (Å²) in [5.41, 5.74) is 0. The molecule has 2 atom stereocenters. The standard InChI is InChI=1S/C13H24F2N2/c1-10(2)17-7-5-12(13(14,15)9-17)16-6-4-11(3)8-16/h10-12H,4-9H2,1-3H3. The van der Waals surface area contributed by atoms with Crippen LogP contribution in [0, 0.1) is 5.92 Å². The first-order valence-corrected chi connectivity index (χ1v) is 6.76. The normalized spacial score (nSPS) is 35.6. The molecule has 0 aromatic rings. The van der Waals surface area contributed by atoms with Crippen LogP contribution in [0.2, 0.25) is 0 Å². The minimum atomic E-state index is -2.55. The lowest BCUT2D eigenvalue weighted by Gasteiger charge is -2.43. The molecule has 2 fully saturated rings. The fraction of sp³-hybridized carbons (Fsp3) is 1.00. The second-order valence-electron chi connectivity index (χ2n) is 6.02. The number of hydrogen-bond donors (Lipinski definition) is 0. The maximum absolute atomic E-state index is 14.2. The van der Waals surface area contributed by atoms with E-state index in [1.807, 2.05) is 23.6 Å². The van der Waals surface area contributed by atoms with E-state index in [-0.39, 0.29) is 12.6 Å². The van der Waals surface area contributed by atoms with Crippen LogP contribution in [0.5, 0.6) is 0 Å². The molecule has 0 aliphatic carbocycles. The fourth-order valence-corrected chi connectivity index (χ4v) is 3.10. The van der Waals surface area contributed by atoms with Crippen LogP contribution in [0.3, 0.4) is 0 Å². The maximum Gasteiger partial charge on any atom is 0.275 e. The van der Waals surface area contributed by atoms with E-state index in [9.17, 15) is 8.78 Å². The first-order chi connectivity index (χ1) is 7.90. The van der Waals surface area contributed by atoms with Crippen LogP contribution in [-0.2, 0) is 0 Å². The van der Waals surface area contributed by atoms with Gasteiger partial charge in [-0.3, -0.25) is 9.80 Å². The van der Waals surface area contributed by atoms with Crippen LogP contribution in [0.4, 0.5) is 8.78 Å². The van der Waals surface area contributed by atoms with Crippen molar-refractivity contribution in [2.45, 2.75) is 51.6 Å². The second kappa shape index (κ2) is 4.81. The molecule has 0 bridgehead atoms. The summed E-state index contributed by atoms with van der Waals surface area (Å²) >= 11 is 0. The lowest BCUT2D eigenvalue weighted by Crippen LogP contribution is -2.59. The minimum absolute atomic E-state index is 0.0692. The molecule has 2 aliphatic rings. The molecule has 4 heteroatoms. The summed E-state index contributed by atoms with van der Waals surface area (Å²) in [6, 6.07) is -0.304. The van der Waals surface area contributed by atoms with Crippen LogP contribution in [0.25, 0.3) is 0 Å². The second-order valence-corrected chi connectivity index (χ2v) is 6.02. The Kier molecular flexibility index (Phi) is 3.74. The van der Waals surface area contributed by atoms with Crippen molar-refractivity contribution in [3.8, 4) is 0 Å². The molecule has 2 saturated heterocycles. The number of piperidine rings is 1. The molecule has 2 aliphatic heterocycles. The van der Waals surface area contributed by atoms with Crippen molar-refractivity contribution in [1.29, 1.82) is 0 Å². The number of likely N-dealkylation sites (tertiary alicyclic amines) is 2. The molecule has 2 heterocycles. The Balaban J connectivity index is 2.00. The van der Waals surface area contributed by atoms with Gasteiger partial charge in [0.1, 0.15) is 0 Å². The molecule has 0 spiro atoms. The molecule has 2 rings (SSSR count). The largest absolute Gasteiger partial charge is 0.295 e. The topological polar surface area (TPSA) is 6.48 Å². The molecule has 0 saturated carbocycles. The highest BCUT2D eigenvalue weighted by Crippen LogP contribution is 2.34. The monoisotopic (exact) mass is 246 g/mol. The highest BCUT2D eigenvalue weighted by molar-refractivity contribution is 4.95. The van der Waals surface area contributed by atoms with Crippen LogP contribution in [0.15, 0.2) is 0 Å². The van der Waals surface area contributed by atoms with Crippen molar-refractivity contribution < 1.29 is 8.78 Å². The molecule has 2 unspecified atom stereocenters. The highest BCUT2D eigenvalue weighted by atomic mass is 19.3. The van der Waals surface area contributed by atoms with E-state index < -0.39 is 12.0 Å². The maximum atomic E-state index is 14.2. The molecule has 0 radical (unpaired) electrons. The summed E-state index contributed by atoms with van der Waals surface area (Å²) in [7, 11) is 0. The van der Waals surface area contributed by atoms with Gasteiger partial charge < -0.3 is 0 Å². The Morgan fingerprint density at radius 1 is 1.18 bits per heavy atom. The van der Waals surface area contributed by atoms with E-state index in [1.54, 1.807) is 0 Å². The number of hydrogen-bond acceptors (Lipinski definition) is 2. The number of alkyl halides is 2. The third-order valence-electron chi connectivity index (χ3n) is 4.22. The Morgan fingerprint density at radius 2 is 1.88 bits per heavy atom. The van der Waals surface area contributed by atoms with E-state index in [2.05, 4.69) is 6.92 Å². The first kappa shape index (κ1) is 13.2. The summed E-state index contributed by atoms with van der Waals surface area (Å²) in [5.74, 6) is -1.97. The van der Waals surface area contributed by atoms with Crippen LogP contribution < -0.4 is 0 Å². The smallest absolute Gasteiger partial charge is 0.275 e. The minimum Gasteiger partial charge on any atom is -0.295 e. The quantitative estimate of drug-likeness (QED) is 0.738. The van der Waals surface area contributed by atoms with Gasteiger partial charge in [0, 0.05) is 19.1 Å². The zero-order chi connectivity index (χ0) is 12.6. The molecule has 0 N–H and O–H groups in total. The summed E-state index contributed by atoms with van der Waals surface area (Å²) in [6.07, 6.45) is 1.68. The van der Waals surface area contributed by atoms with Crippen molar-refractivity contribution in [1.82, 2.24) is 9.80 Å². The summed E-state index contributed by atoms with van der Waals surface area (Å²) in [5, 5.41) is 0. The van der Waals surface area contributed by atoms with Gasteiger partial charge in [-0.1, -0.05) is 6.92 Å². The lowest BCUT2D eigenvalue weighted by molar-refractivity contribution is -0.128. The summed E-state index contributed by atoms with van der Waals surface area (Å²) in [4.78, 5) is 3.92. The van der Waals surface area contributed by atoms with Gasteiger partial charge in [-0.15, -0.1) is 0 Å². The predicted octanol–water partition coefficient (Wildman–Crippen LogP) is 2.45. The molecule has 100 valence electrons. The highest BCUT2D eigenvalue weighted by Gasteiger charge is 2.48. The molecule has 2 nitrogen and oxygen atoms in total. The van der Waals surface area contributed by atoms with E-state index in [1.165, 1.54) is 0 Å². The molecular formula is C13H24F2N2. The molecule has 17 heavy (non-hydrogen) atoms. The summed E-state index contributed by atoms with van der Waals surface area (Å²) < 4.78 is 28.3. The SMILES string of the molecule is CC1CCN(C2CCN(C(C)C)CC2(F)F)C1. The van der Waals surface area contributed by atoms with E-state index in [4.69, 9.17) is 0 Å². The third kappa shape index (κ3) is 2.79. The third-order valence-corrected chi connectivity index (χ3v) is 4.22. The molecular weight excluding hydrogens is 222 g/mol. The predicted molar refractivity (Wildman–Crippen MR) is 65.4 cm³/mol. The van der Waals surface area contributed by atoms with Gasteiger partial charge in [0.15, 0.2) is 0 Å². The summed E-state index contributed by atoms with van der Waals surface area (Å²) in [6.45, 7) is 8.58. The Morgan fingerprint density at radius 3 is 2.35 bits per heavy atom. The van der Waals surface area contributed by atoms with Crippen LogP contribution in [-0.4, -0.2) is 54.0 Å². The number of halogens is 2. The molecule has 0 amide bonds. The van der Waals surface area contributed by atoms with Crippen molar-refractivity contribution in [3.05, 3.63) is 0 Å². The van der Waals surface area contributed by atoms with E-state index in [0.717, 1.165) is 26.1 Å².